The maximum atomic E-state index is 13.0. The highest BCUT2D eigenvalue weighted by atomic mass is 31.2. The number of rotatable bonds is 65. The van der Waals surface area contributed by atoms with Crippen LogP contribution in [0.15, 0.2) is 0 Å². The molecular formula is C66H128O17P2. The molecule has 0 bridgehead atoms. The highest BCUT2D eigenvalue weighted by molar-refractivity contribution is 7.47. The van der Waals surface area contributed by atoms with E-state index in [-0.39, 0.29) is 25.7 Å². The van der Waals surface area contributed by atoms with Gasteiger partial charge in [-0.1, -0.05) is 279 Å². The number of aliphatic hydroxyl groups excluding tert-OH is 1. The molecule has 504 valence electrons. The average Bonchev–Trinajstić information content (AvgIpc) is 3.54. The Morgan fingerprint density at radius 1 is 0.341 bits per heavy atom. The van der Waals surface area contributed by atoms with Crippen molar-refractivity contribution in [3.05, 3.63) is 0 Å². The molecule has 3 unspecified atom stereocenters. The molecular weight excluding hydrogens is 1130 g/mol. The molecule has 0 saturated carbocycles. The van der Waals surface area contributed by atoms with E-state index >= 15 is 0 Å². The zero-order valence-electron chi connectivity index (χ0n) is 54.9. The lowest BCUT2D eigenvalue weighted by atomic mass is 10.00. The van der Waals surface area contributed by atoms with Crippen LogP contribution in [0.1, 0.15) is 330 Å². The number of carbonyl (C=O) groups excluding carboxylic acids is 4. The number of phosphoric ester groups is 2. The fourth-order valence-electron chi connectivity index (χ4n) is 9.85. The Kier molecular flexibility index (Phi) is 57.1. The smallest absolute Gasteiger partial charge is 0.462 e. The van der Waals surface area contributed by atoms with Crippen molar-refractivity contribution in [3.63, 3.8) is 0 Å². The molecule has 17 nitrogen and oxygen atoms in total. The van der Waals surface area contributed by atoms with Gasteiger partial charge in [-0.3, -0.25) is 37.3 Å². The molecule has 85 heavy (non-hydrogen) atoms. The zero-order chi connectivity index (χ0) is 62.9. The third kappa shape index (κ3) is 59.5. The van der Waals surface area contributed by atoms with Gasteiger partial charge in [0.1, 0.15) is 19.3 Å². The first kappa shape index (κ1) is 83.1. The predicted molar refractivity (Wildman–Crippen MR) is 340 cm³/mol. The van der Waals surface area contributed by atoms with Crippen LogP contribution < -0.4 is 0 Å². The Labute approximate surface area is 517 Å². The van der Waals surface area contributed by atoms with Crippen molar-refractivity contribution in [2.45, 2.75) is 349 Å². The third-order valence-corrected chi connectivity index (χ3v) is 17.5. The summed E-state index contributed by atoms with van der Waals surface area (Å²) < 4.78 is 68.0. The van der Waals surface area contributed by atoms with Crippen LogP contribution in [-0.4, -0.2) is 96.7 Å². The number of hydrogen-bond donors (Lipinski definition) is 3. The van der Waals surface area contributed by atoms with Gasteiger partial charge in [0, 0.05) is 25.7 Å². The van der Waals surface area contributed by atoms with Crippen molar-refractivity contribution < 1.29 is 80.2 Å². The zero-order valence-corrected chi connectivity index (χ0v) is 56.7. The number of aliphatic hydroxyl groups is 1. The van der Waals surface area contributed by atoms with Crippen LogP contribution in [0.25, 0.3) is 0 Å². The van der Waals surface area contributed by atoms with Gasteiger partial charge in [0.25, 0.3) is 0 Å². The van der Waals surface area contributed by atoms with Crippen molar-refractivity contribution in [1.29, 1.82) is 0 Å². The quantitative estimate of drug-likeness (QED) is 0.0222. The van der Waals surface area contributed by atoms with Crippen LogP contribution >= 0.6 is 15.6 Å². The van der Waals surface area contributed by atoms with Crippen LogP contribution in [0.4, 0.5) is 0 Å². The van der Waals surface area contributed by atoms with Gasteiger partial charge in [-0.05, 0) is 37.5 Å². The Balaban J connectivity index is 5.20. The summed E-state index contributed by atoms with van der Waals surface area (Å²) in [5, 5.41) is 10.5. The summed E-state index contributed by atoms with van der Waals surface area (Å²) in [6, 6.07) is 0. The molecule has 0 fully saturated rings. The van der Waals surface area contributed by atoms with Gasteiger partial charge in [-0.25, -0.2) is 9.13 Å². The van der Waals surface area contributed by atoms with Gasteiger partial charge in [-0.15, -0.1) is 0 Å². The average molecular weight is 1260 g/mol. The van der Waals surface area contributed by atoms with E-state index in [4.69, 9.17) is 37.0 Å². The maximum Gasteiger partial charge on any atom is 0.472 e. The van der Waals surface area contributed by atoms with E-state index in [2.05, 4.69) is 41.5 Å². The lowest BCUT2D eigenvalue weighted by molar-refractivity contribution is -0.161. The molecule has 0 aromatic carbocycles. The van der Waals surface area contributed by atoms with Crippen molar-refractivity contribution >= 4 is 39.5 Å². The molecule has 0 spiro atoms. The van der Waals surface area contributed by atoms with Crippen molar-refractivity contribution in [3.8, 4) is 0 Å². The minimum atomic E-state index is -4.95. The highest BCUT2D eigenvalue weighted by Gasteiger charge is 2.30. The van der Waals surface area contributed by atoms with Crippen molar-refractivity contribution in [1.82, 2.24) is 0 Å². The summed E-state index contributed by atoms with van der Waals surface area (Å²) in [5.74, 6) is -0.711. The first-order chi connectivity index (χ1) is 40.9. The summed E-state index contributed by atoms with van der Waals surface area (Å²) in [5.41, 5.74) is 0. The molecule has 0 radical (unpaired) electrons. The second-order valence-corrected chi connectivity index (χ2v) is 27.5. The fraction of sp³-hybridized carbons (Fsp3) is 0.939. The first-order valence-electron chi connectivity index (χ1n) is 34.5. The summed E-state index contributed by atoms with van der Waals surface area (Å²) in [4.78, 5) is 72.2. The molecule has 0 aromatic heterocycles. The standard InChI is InChI=1S/C66H128O17P2/c1-7-10-12-14-16-18-19-20-21-22-23-24-25-26-30-38-44-50-65(70)82-61(54-77-64(69)49-43-37-31-27-28-34-40-46-58(4)5)56-80-84(72,73)78-52-60(67)53-79-85(74,75)81-57-62(55-76-63(68)48-42-36-29-17-15-13-11-8-2)83-66(71)51-45-39-33-32-35-41-47-59(6)9-3/h58-62,67H,7-57H2,1-6H3,(H,72,73)(H,74,75)/t59?,60-,61-,62-/m1/s1. The second-order valence-electron chi connectivity index (χ2n) is 24.6. The molecule has 0 rings (SSSR count). The summed E-state index contributed by atoms with van der Waals surface area (Å²) in [6.07, 6.45) is 41.9. The predicted octanol–water partition coefficient (Wildman–Crippen LogP) is 18.4. The van der Waals surface area contributed by atoms with Crippen LogP contribution in [0.5, 0.6) is 0 Å². The third-order valence-electron chi connectivity index (χ3n) is 15.6. The van der Waals surface area contributed by atoms with E-state index in [0.717, 1.165) is 109 Å². The van der Waals surface area contributed by atoms with Gasteiger partial charge >= 0.3 is 39.5 Å². The minimum absolute atomic E-state index is 0.103. The fourth-order valence-corrected chi connectivity index (χ4v) is 11.4. The largest absolute Gasteiger partial charge is 0.472 e. The molecule has 3 N–H and O–H groups in total. The van der Waals surface area contributed by atoms with Crippen LogP contribution in [0, 0.1) is 11.8 Å². The van der Waals surface area contributed by atoms with Crippen LogP contribution in [0.3, 0.4) is 0 Å². The van der Waals surface area contributed by atoms with Gasteiger partial charge in [-0.2, -0.15) is 0 Å². The molecule has 0 aliphatic carbocycles. The van der Waals surface area contributed by atoms with E-state index in [9.17, 15) is 43.2 Å². The summed E-state index contributed by atoms with van der Waals surface area (Å²) >= 11 is 0. The van der Waals surface area contributed by atoms with Gasteiger partial charge < -0.3 is 33.8 Å². The van der Waals surface area contributed by atoms with Gasteiger partial charge in [0.2, 0.25) is 0 Å². The van der Waals surface area contributed by atoms with Crippen LogP contribution in [0.2, 0.25) is 0 Å². The Morgan fingerprint density at radius 2 is 0.600 bits per heavy atom. The first-order valence-corrected chi connectivity index (χ1v) is 37.5. The highest BCUT2D eigenvalue weighted by Crippen LogP contribution is 2.45. The second kappa shape index (κ2) is 58.4. The molecule has 0 heterocycles. The molecule has 0 aromatic rings. The van der Waals surface area contributed by atoms with Crippen molar-refractivity contribution in [2.24, 2.45) is 11.8 Å². The molecule has 0 saturated heterocycles. The number of esters is 4. The number of hydrogen-bond acceptors (Lipinski definition) is 15. The van der Waals surface area contributed by atoms with Gasteiger partial charge in [0.05, 0.1) is 26.4 Å². The normalized spacial score (nSPS) is 14.6. The number of carbonyl (C=O) groups is 4. The lowest BCUT2D eigenvalue weighted by Crippen LogP contribution is -2.30. The lowest BCUT2D eigenvalue weighted by Gasteiger charge is -2.21. The molecule has 6 atom stereocenters. The van der Waals surface area contributed by atoms with Crippen LogP contribution in [-0.2, 0) is 65.4 Å². The topological polar surface area (TPSA) is 237 Å². The van der Waals surface area contributed by atoms with E-state index in [1.165, 1.54) is 135 Å². The molecule has 19 heteroatoms. The number of ether oxygens (including phenoxy) is 4. The van der Waals surface area contributed by atoms with E-state index in [0.29, 0.717) is 31.6 Å². The van der Waals surface area contributed by atoms with E-state index in [1.807, 2.05) is 0 Å². The maximum absolute atomic E-state index is 13.0. The minimum Gasteiger partial charge on any atom is -0.462 e. The number of unbranched alkanes of at least 4 members (excludes halogenated alkanes) is 34. The molecule has 0 amide bonds. The Bertz CT molecular complexity index is 1670. The monoisotopic (exact) mass is 1250 g/mol. The van der Waals surface area contributed by atoms with E-state index in [1.54, 1.807) is 0 Å². The summed E-state index contributed by atoms with van der Waals surface area (Å²) in [7, 11) is -9.89. The molecule has 0 aliphatic heterocycles. The SMILES string of the molecule is CCCCCCCCCCCCCCCCCCCC(=O)O[C@H](COC(=O)CCCCCCCCCC(C)C)COP(=O)(O)OC[C@@H](O)COP(=O)(O)OC[C@@H](COC(=O)CCCCCCCCCC)OC(=O)CCCCCCCCC(C)CC. The Morgan fingerprint density at radius 3 is 0.894 bits per heavy atom. The van der Waals surface area contributed by atoms with Crippen molar-refractivity contribution in [2.75, 3.05) is 39.6 Å². The van der Waals surface area contributed by atoms with E-state index < -0.39 is 97.5 Å². The number of phosphoric acid groups is 2. The Hall–Kier alpha value is -1.94. The van der Waals surface area contributed by atoms with Gasteiger partial charge in [0.15, 0.2) is 12.2 Å². The summed E-state index contributed by atoms with van der Waals surface area (Å²) in [6.45, 7) is 9.38. The molecule has 0 aliphatic rings.